The lowest BCUT2D eigenvalue weighted by Crippen LogP contribution is -2.48. The fraction of sp³-hybridized carbons (Fsp3) is 0.381. The van der Waals surface area contributed by atoms with Gasteiger partial charge >= 0.3 is 0 Å². The summed E-state index contributed by atoms with van der Waals surface area (Å²) < 4.78 is 5.90. The first-order valence-corrected chi connectivity index (χ1v) is 8.84. The van der Waals surface area contributed by atoms with Crippen molar-refractivity contribution in [3.05, 3.63) is 65.2 Å². The SMILES string of the molecule is Cc1ccc(OCC(=O)N2CCN(C)CC2)c(Cc2ccccc2)c1.Cl. The second-order valence-corrected chi connectivity index (χ2v) is 6.75. The van der Waals surface area contributed by atoms with Crippen molar-refractivity contribution < 1.29 is 9.53 Å². The van der Waals surface area contributed by atoms with Gasteiger partial charge in [-0.15, -0.1) is 12.4 Å². The molecular formula is C21H27ClN2O2. The molecule has 0 saturated carbocycles. The maximum atomic E-state index is 12.4. The maximum Gasteiger partial charge on any atom is 0.260 e. The van der Waals surface area contributed by atoms with Crippen molar-refractivity contribution in [2.45, 2.75) is 13.3 Å². The van der Waals surface area contributed by atoms with E-state index >= 15 is 0 Å². The zero-order valence-corrected chi connectivity index (χ0v) is 16.3. The highest BCUT2D eigenvalue weighted by molar-refractivity contribution is 5.85. The van der Waals surface area contributed by atoms with Crippen LogP contribution in [0.4, 0.5) is 0 Å². The number of benzene rings is 2. The normalized spacial score (nSPS) is 14.6. The summed E-state index contributed by atoms with van der Waals surface area (Å²) in [6.07, 6.45) is 0.806. The van der Waals surface area contributed by atoms with Gasteiger partial charge in [-0.3, -0.25) is 4.79 Å². The van der Waals surface area contributed by atoms with Gasteiger partial charge in [-0.1, -0.05) is 48.0 Å². The van der Waals surface area contributed by atoms with Crippen molar-refractivity contribution >= 4 is 18.3 Å². The van der Waals surface area contributed by atoms with E-state index in [4.69, 9.17) is 4.74 Å². The molecule has 2 aromatic rings. The van der Waals surface area contributed by atoms with Gasteiger partial charge in [0, 0.05) is 32.6 Å². The number of likely N-dealkylation sites (N-methyl/N-ethyl adjacent to an activating group) is 1. The fourth-order valence-corrected chi connectivity index (χ4v) is 3.09. The summed E-state index contributed by atoms with van der Waals surface area (Å²) in [6, 6.07) is 16.5. The molecule has 0 unspecified atom stereocenters. The Hall–Kier alpha value is -2.04. The van der Waals surface area contributed by atoms with Gasteiger partial charge in [0.1, 0.15) is 5.75 Å². The molecule has 0 aromatic heterocycles. The first-order valence-electron chi connectivity index (χ1n) is 8.84. The Labute approximate surface area is 162 Å². The lowest BCUT2D eigenvalue weighted by atomic mass is 10.0. The van der Waals surface area contributed by atoms with E-state index in [0.717, 1.165) is 43.9 Å². The van der Waals surface area contributed by atoms with E-state index in [0.29, 0.717) is 0 Å². The fourth-order valence-electron chi connectivity index (χ4n) is 3.09. The zero-order valence-electron chi connectivity index (χ0n) is 15.5. The Morgan fingerprint density at radius 2 is 1.73 bits per heavy atom. The summed E-state index contributed by atoms with van der Waals surface area (Å²) in [7, 11) is 2.08. The Morgan fingerprint density at radius 3 is 2.42 bits per heavy atom. The summed E-state index contributed by atoms with van der Waals surface area (Å²) >= 11 is 0. The van der Waals surface area contributed by atoms with Gasteiger partial charge in [0.2, 0.25) is 0 Å². The van der Waals surface area contributed by atoms with Crippen molar-refractivity contribution in [2.75, 3.05) is 39.8 Å². The third-order valence-corrected chi connectivity index (χ3v) is 4.66. The molecule has 2 aromatic carbocycles. The van der Waals surface area contributed by atoms with E-state index in [1.807, 2.05) is 35.2 Å². The van der Waals surface area contributed by atoms with Gasteiger partial charge in [-0.05, 0) is 31.2 Å². The van der Waals surface area contributed by atoms with Crippen LogP contribution in [0.15, 0.2) is 48.5 Å². The summed E-state index contributed by atoms with van der Waals surface area (Å²) in [6.45, 7) is 5.60. The topological polar surface area (TPSA) is 32.8 Å². The average Bonchev–Trinajstić information content (AvgIpc) is 2.62. The van der Waals surface area contributed by atoms with Gasteiger partial charge < -0.3 is 14.5 Å². The zero-order chi connectivity index (χ0) is 17.6. The molecule has 0 aliphatic carbocycles. The molecule has 0 atom stereocenters. The molecule has 0 spiro atoms. The summed E-state index contributed by atoms with van der Waals surface area (Å²) in [4.78, 5) is 16.5. The predicted molar refractivity (Wildman–Crippen MR) is 107 cm³/mol. The molecule has 1 aliphatic rings. The first-order chi connectivity index (χ1) is 12.1. The summed E-state index contributed by atoms with van der Waals surface area (Å²) in [5, 5.41) is 0. The van der Waals surface area contributed by atoms with Crippen LogP contribution in [0.25, 0.3) is 0 Å². The van der Waals surface area contributed by atoms with Crippen molar-refractivity contribution in [2.24, 2.45) is 0 Å². The molecule has 0 N–H and O–H groups in total. The molecule has 5 heteroatoms. The number of amides is 1. The average molecular weight is 375 g/mol. The molecule has 1 saturated heterocycles. The summed E-state index contributed by atoms with van der Waals surface area (Å²) in [5.41, 5.74) is 3.56. The largest absolute Gasteiger partial charge is 0.483 e. The number of ether oxygens (including phenoxy) is 1. The lowest BCUT2D eigenvalue weighted by Gasteiger charge is -2.32. The minimum atomic E-state index is 0. The Balaban J connectivity index is 0.00000243. The minimum absolute atomic E-state index is 0. The second kappa shape index (κ2) is 9.60. The van der Waals surface area contributed by atoms with Gasteiger partial charge in [0.25, 0.3) is 5.91 Å². The number of carbonyl (C=O) groups excluding carboxylic acids is 1. The van der Waals surface area contributed by atoms with Crippen LogP contribution in [0.3, 0.4) is 0 Å². The number of nitrogens with zero attached hydrogens (tertiary/aromatic N) is 2. The second-order valence-electron chi connectivity index (χ2n) is 6.75. The van der Waals surface area contributed by atoms with Gasteiger partial charge in [0.15, 0.2) is 6.61 Å². The van der Waals surface area contributed by atoms with Crippen LogP contribution in [-0.2, 0) is 11.2 Å². The van der Waals surface area contributed by atoms with Gasteiger partial charge in [-0.25, -0.2) is 0 Å². The molecule has 1 amide bonds. The number of rotatable bonds is 5. The van der Waals surface area contributed by atoms with Crippen molar-refractivity contribution in [1.82, 2.24) is 9.80 Å². The number of piperazine rings is 1. The lowest BCUT2D eigenvalue weighted by molar-refractivity contribution is -0.134. The molecular weight excluding hydrogens is 348 g/mol. The van der Waals surface area contributed by atoms with Crippen LogP contribution >= 0.6 is 12.4 Å². The molecule has 4 nitrogen and oxygen atoms in total. The molecule has 140 valence electrons. The number of hydrogen-bond acceptors (Lipinski definition) is 3. The molecule has 0 bridgehead atoms. The number of hydrogen-bond donors (Lipinski definition) is 0. The third-order valence-electron chi connectivity index (χ3n) is 4.66. The Morgan fingerprint density at radius 1 is 1.04 bits per heavy atom. The van der Waals surface area contributed by atoms with Crippen LogP contribution in [-0.4, -0.2) is 55.5 Å². The highest BCUT2D eigenvalue weighted by atomic mass is 35.5. The van der Waals surface area contributed by atoms with Crippen LogP contribution < -0.4 is 4.74 Å². The number of aryl methyl sites for hydroxylation is 1. The van der Waals surface area contributed by atoms with E-state index in [9.17, 15) is 4.79 Å². The Kier molecular flexibility index (Phi) is 7.49. The van der Waals surface area contributed by atoms with Crippen LogP contribution in [0.5, 0.6) is 5.75 Å². The van der Waals surface area contributed by atoms with E-state index in [1.165, 1.54) is 11.1 Å². The first kappa shape index (κ1) is 20.3. The molecule has 3 rings (SSSR count). The molecule has 1 heterocycles. The van der Waals surface area contributed by atoms with E-state index in [-0.39, 0.29) is 24.9 Å². The van der Waals surface area contributed by atoms with E-state index in [1.54, 1.807) is 0 Å². The predicted octanol–water partition coefficient (Wildman–Crippen LogP) is 3.16. The molecule has 1 fully saturated rings. The highest BCUT2D eigenvalue weighted by Crippen LogP contribution is 2.23. The Bertz CT molecular complexity index is 713. The van der Waals surface area contributed by atoms with Crippen molar-refractivity contribution in [1.29, 1.82) is 0 Å². The quantitative estimate of drug-likeness (QED) is 0.805. The van der Waals surface area contributed by atoms with Crippen molar-refractivity contribution in [3.63, 3.8) is 0 Å². The highest BCUT2D eigenvalue weighted by Gasteiger charge is 2.19. The standard InChI is InChI=1S/C21H26N2O2.ClH/c1-17-8-9-20(19(14-17)15-18-6-4-3-5-7-18)25-16-21(24)23-12-10-22(2)11-13-23;/h3-9,14H,10-13,15-16H2,1-2H3;1H. The minimum Gasteiger partial charge on any atom is -0.483 e. The van der Waals surface area contributed by atoms with Crippen LogP contribution in [0.2, 0.25) is 0 Å². The van der Waals surface area contributed by atoms with E-state index in [2.05, 4.69) is 37.1 Å². The number of carbonyl (C=O) groups is 1. The molecule has 1 aliphatic heterocycles. The third kappa shape index (κ3) is 5.48. The van der Waals surface area contributed by atoms with Crippen LogP contribution in [0.1, 0.15) is 16.7 Å². The van der Waals surface area contributed by atoms with Gasteiger partial charge in [-0.2, -0.15) is 0 Å². The summed E-state index contributed by atoms with van der Waals surface area (Å²) in [5.74, 6) is 0.872. The maximum absolute atomic E-state index is 12.4. The molecule has 26 heavy (non-hydrogen) atoms. The van der Waals surface area contributed by atoms with Gasteiger partial charge in [0.05, 0.1) is 0 Å². The number of halogens is 1. The van der Waals surface area contributed by atoms with E-state index < -0.39 is 0 Å². The monoisotopic (exact) mass is 374 g/mol. The smallest absolute Gasteiger partial charge is 0.260 e. The molecule has 0 radical (unpaired) electrons. The van der Waals surface area contributed by atoms with Crippen molar-refractivity contribution in [3.8, 4) is 5.75 Å². The van der Waals surface area contributed by atoms with Crippen LogP contribution in [0, 0.1) is 6.92 Å².